The molecule has 1 atom stereocenters. The summed E-state index contributed by atoms with van der Waals surface area (Å²) in [6.07, 6.45) is 0. The summed E-state index contributed by atoms with van der Waals surface area (Å²) in [4.78, 5) is 2.09. The average molecular weight is 329 g/mol. The minimum atomic E-state index is -0.359. The lowest BCUT2D eigenvalue weighted by Gasteiger charge is -2.31. The second kappa shape index (κ2) is 8.69. The van der Waals surface area contributed by atoms with Gasteiger partial charge in [0.1, 0.15) is 6.04 Å². The molecule has 7 heteroatoms. The lowest BCUT2D eigenvalue weighted by molar-refractivity contribution is 0.0266. The lowest BCUT2D eigenvalue weighted by Crippen LogP contribution is -2.38. The van der Waals surface area contributed by atoms with Gasteiger partial charge in [0.25, 0.3) is 0 Å². The predicted molar refractivity (Wildman–Crippen MR) is 84.1 cm³/mol. The lowest BCUT2D eigenvalue weighted by atomic mass is 10.0. The molecule has 1 aromatic rings. The van der Waals surface area contributed by atoms with Crippen LogP contribution in [0.3, 0.4) is 0 Å². The van der Waals surface area contributed by atoms with E-state index in [0.717, 1.165) is 18.7 Å². The van der Waals surface area contributed by atoms with Gasteiger partial charge in [0.2, 0.25) is 5.75 Å². The molecular formula is C15H21ClN2O4. The first-order valence-electron chi connectivity index (χ1n) is 6.76. The van der Waals surface area contributed by atoms with Gasteiger partial charge in [-0.25, -0.2) is 0 Å². The third-order valence-electron chi connectivity index (χ3n) is 3.54. The molecular weight excluding hydrogens is 308 g/mol. The maximum Gasteiger partial charge on any atom is 0.203 e. The zero-order valence-corrected chi connectivity index (χ0v) is 13.8. The van der Waals surface area contributed by atoms with Crippen molar-refractivity contribution in [2.24, 2.45) is 0 Å². The fraction of sp³-hybridized carbons (Fsp3) is 0.533. The number of morpholine rings is 1. The van der Waals surface area contributed by atoms with Crippen molar-refractivity contribution < 1.29 is 18.9 Å². The number of methoxy groups -OCH3 is 3. The third kappa shape index (κ3) is 3.74. The molecule has 0 aliphatic carbocycles. The van der Waals surface area contributed by atoms with Gasteiger partial charge in [-0.15, -0.1) is 12.4 Å². The summed E-state index contributed by atoms with van der Waals surface area (Å²) < 4.78 is 21.3. The van der Waals surface area contributed by atoms with Gasteiger partial charge in [-0.05, 0) is 17.7 Å². The van der Waals surface area contributed by atoms with Crippen LogP contribution in [0.2, 0.25) is 0 Å². The number of benzene rings is 1. The van der Waals surface area contributed by atoms with Gasteiger partial charge in [-0.2, -0.15) is 5.26 Å². The van der Waals surface area contributed by atoms with Crippen LogP contribution < -0.4 is 14.2 Å². The van der Waals surface area contributed by atoms with Crippen molar-refractivity contribution in [3.8, 4) is 23.3 Å². The number of nitriles is 1. The van der Waals surface area contributed by atoms with E-state index in [1.54, 1.807) is 21.3 Å². The molecule has 122 valence electrons. The van der Waals surface area contributed by atoms with Gasteiger partial charge in [0, 0.05) is 13.1 Å². The Balaban J connectivity index is 0.00000242. The SMILES string of the molecule is COc1cc(C(C#N)N2CCOCC2)cc(OC)c1OC.Cl. The van der Waals surface area contributed by atoms with Crippen molar-refractivity contribution in [1.82, 2.24) is 4.90 Å². The second-order valence-electron chi connectivity index (χ2n) is 4.64. The van der Waals surface area contributed by atoms with Crippen molar-refractivity contribution in [3.05, 3.63) is 17.7 Å². The molecule has 0 bridgehead atoms. The molecule has 0 spiro atoms. The van der Waals surface area contributed by atoms with Gasteiger partial charge in [-0.1, -0.05) is 0 Å². The number of nitrogens with zero attached hydrogens (tertiary/aromatic N) is 2. The number of hydrogen-bond donors (Lipinski definition) is 0. The highest BCUT2D eigenvalue weighted by Crippen LogP contribution is 2.40. The normalized spacial score (nSPS) is 16.1. The van der Waals surface area contributed by atoms with Gasteiger partial charge in [0.05, 0.1) is 40.6 Å². The molecule has 0 saturated carbocycles. The molecule has 22 heavy (non-hydrogen) atoms. The Morgan fingerprint density at radius 3 is 2.05 bits per heavy atom. The molecule has 1 heterocycles. The van der Waals surface area contributed by atoms with Crippen LogP contribution in [-0.4, -0.2) is 52.5 Å². The summed E-state index contributed by atoms with van der Waals surface area (Å²) in [5.41, 5.74) is 0.828. The zero-order valence-electron chi connectivity index (χ0n) is 13.0. The standard InChI is InChI=1S/C15H20N2O4.ClH/c1-18-13-8-11(9-14(19-2)15(13)20-3)12(10-16)17-4-6-21-7-5-17;/h8-9,12H,4-7H2,1-3H3;1H. The number of rotatable bonds is 5. The predicted octanol–water partition coefficient (Wildman–Crippen LogP) is 2.03. The quantitative estimate of drug-likeness (QED) is 0.824. The van der Waals surface area contributed by atoms with Crippen LogP contribution in [0, 0.1) is 11.3 Å². The van der Waals surface area contributed by atoms with Crippen molar-refractivity contribution in [2.45, 2.75) is 6.04 Å². The van der Waals surface area contributed by atoms with E-state index in [2.05, 4.69) is 11.0 Å². The minimum absolute atomic E-state index is 0. The van der Waals surface area contributed by atoms with Gasteiger partial charge in [-0.3, -0.25) is 4.90 Å². The Morgan fingerprint density at radius 2 is 1.64 bits per heavy atom. The summed E-state index contributed by atoms with van der Waals surface area (Å²) in [5.74, 6) is 1.64. The number of hydrogen-bond acceptors (Lipinski definition) is 6. The Kier molecular flexibility index (Phi) is 7.25. The highest BCUT2D eigenvalue weighted by Gasteiger charge is 2.25. The van der Waals surface area contributed by atoms with E-state index >= 15 is 0 Å². The number of ether oxygens (including phenoxy) is 4. The molecule has 1 aromatic carbocycles. The summed E-state index contributed by atoms with van der Waals surface area (Å²) in [6, 6.07) is 5.64. The zero-order chi connectivity index (χ0) is 15.2. The monoisotopic (exact) mass is 328 g/mol. The maximum absolute atomic E-state index is 9.54. The highest BCUT2D eigenvalue weighted by atomic mass is 35.5. The third-order valence-corrected chi connectivity index (χ3v) is 3.54. The molecule has 0 aromatic heterocycles. The largest absolute Gasteiger partial charge is 0.493 e. The van der Waals surface area contributed by atoms with E-state index in [0.29, 0.717) is 30.5 Å². The van der Waals surface area contributed by atoms with Gasteiger partial charge < -0.3 is 18.9 Å². The molecule has 2 rings (SSSR count). The number of halogens is 1. The van der Waals surface area contributed by atoms with E-state index in [1.807, 2.05) is 12.1 Å². The summed E-state index contributed by atoms with van der Waals surface area (Å²) in [5, 5.41) is 9.54. The van der Waals surface area contributed by atoms with Crippen LogP contribution in [0.15, 0.2) is 12.1 Å². The molecule has 0 N–H and O–H groups in total. The van der Waals surface area contributed by atoms with Crippen LogP contribution >= 0.6 is 12.4 Å². The summed E-state index contributed by atoms with van der Waals surface area (Å²) >= 11 is 0. The van der Waals surface area contributed by atoms with Crippen LogP contribution in [-0.2, 0) is 4.74 Å². The first kappa shape index (κ1) is 18.4. The van der Waals surface area contributed by atoms with Crippen LogP contribution in [0.1, 0.15) is 11.6 Å². The molecule has 1 fully saturated rings. The van der Waals surface area contributed by atoms with E-state index in [-0.39, 0.29) is 18.4 Å². The Bertz CT molecular complexity index is 502. The Labute approximate surface area is 136 Å². The molecule has 1 aliphatic heterocycles. The minimum Gasteiger partial charge on any atom is -0.493 e. The maximum atomic E-state index is 9.54. The van der Waals surface area contributed by atoms with Gasteiger partial charge >= 0.3 is 0 Å². The van der Waals surface area contributed by atoms with Crippen molar-refractivity contribution >= 4 is 12.4 Å². The summed E-state index contributed by atoms with van der Waals surface area (Å²) in [6.45, 7) is 2.75. The van der Waals surface area contributed by atoms with E-state index in [4.69, 9.17) is 18.9 Å². The molecule has 1 aliphatic rings. The molecule has 6 nitrogen and oxygen atoms in total. The van der Waals surface area contributed by atoms with E-state index in [9.17, 15) is 5.26 Å². The first-order chi connectivity index (χ1) is 10.2. The van der Waals surface area contributed by atoms with Crippen LogP contribution in [0.4, 0.5) is 0 Å². The van der Waals surface area contributed by atoms with Crippen molar-refractivity contribution in [1.29, 1.82) is 5.26 Å². The van der Waals surface area contributed by atoms with E-state index in [1.165, 1.54) is 0 Å². The highest BCUT2D eigenvalue weighted by molar-refractivity contribution is 5.85. The van der Waals surface area contributed by atoms with Crippen molar-refractivity contribution in [3.63, 3.8) is 0 Å². The summed E-state index contributed by atoms with van der Waals surface area (Å²) in [7, 11) is 4.69. The van der Waals surface area contributed by atoms with Crippen LogP contribution in [0.5, 0.6) is 17.2 Å². The molecule has 1 saturated heterocycles. The topological polar surface area (TPSA) is 64.0 Å². The molecule has 1 unspecified atom stereocenters. The van der Waals surface area contributed by atoms with Crippen LogP contribution in [0.25, 0.3) is 0 Å². The Morgan fingerprint density at radius 1 is 1.09 bits per heavy atom. The fourth-order valence-electron chi connectivity index (χ4n) is 2.46. The molecule has 0 radical (unpaired) electrons. The van der Waals surface area contributed by atoms with Crippen molar-refractivity contribution in [2.75, 3.05) is 47.6 Å². The Hall–Kier alpha value is -1.68. The first-order valence-corrected chi connectivity index (χ1v) is 6.76. The second-order valence-corrected chi connectivity index (χ2v) is 4.64. The average Bonchev–Trinajstić information content (AvgIpc) is 2.55. The van der Waals surface area contributed by atoms with Gasteiger partial charge in [0.15, 0.2) is 11.5 Å². The fourth-order valence-corrected chi connectivity index (χ4v) is 2.46. The molecule has 0 amide bonds. The smallest absolute Gasteiger partial charge is 0.203 e. The van der Waals surface area contributed by atoms with E-state index < -0.39 is 0 Å².